The summed E-state index contributed by atoms with van der Waals surface area (Å²) >= 11 is 0. The molecule has 0 aromatic heterocycles. The van der Waals surface area contributed by atoms with Gasteiger partial charge in [0.25, 0.3) is 0 Å². The Hall–Kier alpha value is -6.26. The van der Waals surface area contributed by atoms with Crippen LogP contribution in [0.3, 0.4) is 0 Å². The zero-order chi connectivity index (χ0) is 46.7. The summed E-state index contributed by atoms with van der Waals surface area (Å²) < 4.78 is 38.5. The Morgan fingerprint density at radius 1 is 0.651 bits per heavy atom. The monoisotopic (exact) mass is 875 g/mol. The van der Waals surface area contributed by atoms with E-state index in [4.69, 9.17) is 20.9 Å². The van der Waals surface area contributed by atoms with Crippen molar-refractivity contribution >= 4 is 41.5 Å². The average molecular weight is 876 g/mol. The van der Waals surface area contributed by atoms with Crippen molar-refractivity contribution < 1.29 is 47.0 Å². The van der Waals surface area contributed by atoms with Crippen molar-refractivity contribution in [1.82, 2.24) is 20.4 Å². The first kappa shape index (κ1) is 47.8. The van der Waals surface area contributed by atoms with Crippen molar-refractivity contribution in [2.45, 2.75) is 103 Å². The number of ether oxygens (including phenoxy) is 2. The molecule has 0 aliphatic carbocycles. The van der Waals surface area contributed by atoms with E-state index in [0.29, 0.717) is 29.7 Å². The van der Waals surface area contributed by atoms with Crippen molar-refractivity contribution in [3.63, 3.8) is 0 Å². The van der Waals surface area contributed by atoms with Gasteiger partial charge in [0.1, 0.15) is 23.2 Å². The topological polar surface area (TPSA) is 207 Å². The highest BCUT2D eigenvalue weighted by Gasteiger charge is 2.54. The van der Waals surface area contributed by atoms with Gasteiger partial charge in [-0.1, -0.05) is 90.1 Å². The minimum absolute atomic E-state index is 0.184. The number of hydrogen-bond donors (Lipinski definition) is 4. The van der Waals surface area contributed by atoms with Crippen LogP contribution in [0, 0.1) is 22.5 Å². The maximum absolute atomic E-state index is 14.7. The molecule has 2 aliphatic rings. The number of primary amides is 2. The van der Waals surface area contributed by atoms with Gasteiger partial charge in [-0.2, -0.15) is 0 Å². The molecule has 17 heteroatoms. The maximum Gasteiger partial charge on any atom is 0.407 e. The number of rotatable bonds is 13. The molecule has 0 radical (unpaired) electrons. The molecule has 0 spiro atoms. The van der Waals surface area contributed by atoms with E-state index in [1.165, 1.54) is 30.1 Å². The molecular weight excluding hydrogens is 817 g/mol. The van der Waals surface area contributed by atoms with Gasteiger partial charge < -0.3 is 46.3 Å². The van der Waals surface area contributed by atoms with Crippen LogP contribution in [0.4, 0.5) is 24.1 Å². The van der Waals surface area contributed by atoms with E-state index >= 15 is 0 Å². The first-order valence-corrected chi connectivity index (χ1v) is 20.8. The van der Waals surface area contributed by atoms with E-state index in [2.05, 4.69) is 10.6 Å². The molecule has 6 N–H and O–H groups in total. The number of nitrogens with one attached hydrogen (secondary N) is 2. The van der Waals surface area contributed by atoms with Crippen molar-refractivity contribution in [1.29, 1.82) is 0 Å². The summed E-state index contributed by atoms with van der Waals surface area (Å²) in [4.78, 5) is 84.4. The number of amides is 6. The number of benzene rings is 3. The Balaban J connectivity index is 1.45. The van der Waals surface area contributed by atoms with Gasteiger partial charge in [0.15, 0.2) is 11.6 Å². The number of methoxy groups -OCH3 is 2. The second kappa shape index (κ2) is 18.6. The highest BCUT2D eigenvalue weighted by Crippen LogP contribution is 2.42. The number of carbonyl (C=O) groups is 6. The third-order valence-electron chi connectivity index (χ3n) is 12.1. The van der Waals surface area contributed by atoms with E-state index in [-0.39, 0.29) is 39.0 Å². The van der Waals surface area contributed by atoms with E-state index in [0.717, 1.165) is 23.3 Å². The average Bonchev–Trinajstić information content (AvgIpc) is 3.89. The summed E-state index contributed by atoms with van der Waals surface area (Å²) in [5.74, 6) is -4.48. The zero-order valence-electron chi connectivity index (χ0n) is 37.2. The fourth-order valence-corrected chi connectivity index (χ4v) is 8.73. The second-order valence-electron chi connectivity index (χ2n) is 18.4. The van der Waals surface area contributed by atoms with Gasteiger partial charge in [-0.05, 0) is 70.9 Å². The van der Waals surface area contributed by atoms with E-state index in [1.807, 2.05) is 4.90 Å². The lowest BCUT2D eigenvalue weighted by atomic mass is 9.82. The molecule has 2 fully saturated rings. The Morgan fingerprint density at radius 3 is 1.35 bits per heavy atom. The molecule has 3 aromatic carbocycles. The summed E-state index contributed by atoms with van der Waals surface area (Å²) in [6.07, 6.45) is -0.115. The number of nitrogens with zero attached hydrogens (tertiary/aromatic N) is 3. The molecular formula is C46H59F2N7O8. The van der Waals surface area contributed by atoms with Gasteiger partial charge in [-0.25, -0.2) is 18.4 Å². The van der Waals surface area contributed by atoms with Crippen LogP contribution in [-0.4, -0.2) is 85.0 Å². The smallest absolute Gasteiger partial charge is 0.407 e. The lowest BCUT2D eigenvalue weighted by molar-refractivity contribution is -0.147. The standard InChI is InChI=1S/C46H59F2N7O8/c1-43(2,3)35(51-41(60)62-7)37(56)54-23-9-21-45(54,39(49)58)30-15-11-28(12-16-30)26-53(32-19-20-33(47)34(48)25-32)27-29-13-17-31(18-14-29)46(40(50)59)22-10-24-55(46)38(57)36(44(4,5)6)52-42(61)63-8/h11-20,25,35-36H,9-10,21-24,26-27H2,1-8H3,(H2,49,58)(H2,50,59)(H,51,60)(H,52,61)/t35-,36-,45+,46+/m1/s1. The number of nitrogens with two attached hydrogens (primary N) is 2. The number of halogens is 2. The fraction of sp³-hybridized carbons (Fsp3) is 0.478. The van der Waals surface area contributed by atoms with Crippen molar-refractivity contribution in [2.75, 3.05) is 32.2 Å². The van der Waals surface area contributed by atoms with Crippen LogP contribution in [0.15, 0.2) is 66.7 Å². The number of anilines is 1. The molecule has 0 bridgehead atoms. The molecule has 340 valence electrons. The van der Waals surface area contributed by atoms with E-state index in [1.54, 1.807) is 90.1 Å². The van der Waals surface area contributed by atoms with E-state index in [9.17, 15) is 37.5 Å². The van der Waals surface area contributed by atoms with Crippen LogP contribution in [0.2, 0.25) is 0 Å². The van der Waals surface area contributed by atoms with Crippen molar-refractivity contribution in [3.05, 3.63) is 101 Å². The normalized spacial score (nSPS) is 19.8. The molecule has 15 nitrogen and oxygen atoms in total. The van der Waals surface area contributed by atoms with Gasteiger partial charge >= 0.3 is 12.2 Å². The van der Waals surface area contributed by atoms with Gasteiger partial charge in [-0.3, -0.25) is 19.2 Å². The molecule has 63 heavy (non-hydrogen) atoms. The SMILES string of the molecule is COC(=O)N[C@H](C(=O)N1CCC[C@@]1(C(N)=O)c1ccc(CN(Cc2ccc([C@]3(C(N)=O)CCCN3C(=O)[C@@H](NC(=O)OC)C(C)(C)C)cc2)c2ccc(F)c(F)c2)cc1)C(C)(C)C. The first-order valence-electron chi connectivity index (χ1n) is 20.8. The Morgan fingerprint density at radius 2 is 1.03 bits per heavy atom. The number of likely N-dealkylation sites (tertiary alicyclic amines) is 2. The number of alkyl carbamates (subject to hydrolysis) is 2. The summed E-state index contributed by atoms with van der Waals surface area (Å²) in [5.41, 5.74) is 10.5. The number of carbonyl (C=O) groups excluding carboxylic acids is 6. The fourth-order valence-electron chi connectivity index (χ4n) is 8.73. The van der Waals surface area contributed by atoms with Gasteiger partial charge in [0, 0.05) is 37.9 Å². The van der Waals surface area contributed by atoms with Gasteiger partial charge in [-0.15, -0.1) is 0 Å². The minimum Gasteiger partial charge on any atom is -0.453 e. The second-order valence-corrected chi connectivity index (χ2v) is 18.4. The summed E-state index contributed by atoms with van der Waals surface area (Å²) in [6, 6.07) is 15.5. The highest BCUT2D eigenvalue weighted by molar-refractivity contribution is 5.96. The third-order valence-corrected chi connectivity index (χ3v) is 12.1. The summed E-state index contributed by atoms with van der Waals surface area (Å²) in [7, 11) is 2.39. The number of hydrogen-bond acceptors (Lipinski definition) is 9. The molecule has 6 amide bonds. The molecule has 5 rings (SSSR count). The molecule has 0 saturated carbocycles. The van der Waals surface area contributed by atoms with Crippen LogP contribution in [-0.2, 0) is 52.8 Å². The Kier molecular flexibility index (Phi) is 14.1. The lowest BCUT2D eigenvalue weighted by Gasteiger charge is -2.41. The summed E-state index contributed by atoms with van der Waals surface area (Å²) in [5, 5.41) is 5.24. The lowest BCUT2D eigenvalue weighted by Crippen LogP contribution is -2.61. The quantitative estimate of drug-likeness (QED) is 0.175. The van der Waals surface area contributed by atoms with Crippen LogP contribution < -0.4 is 27.0 Å². The van der Waals surface area contributed by atoms with E-state index < -0.39 is 81.4 Å². The van der Waals surface area contributed by atoms with Crippen molar-refractivity contribution in [3.8, 4) is 0 Å². The molecule has 2 heterocycles. The Bertz CT molecular complexity index is 2080. The first-order chi connectivity index (χ1) is 29.5. The largest absolute Gasteiger partial charge is 0.453 e. The molecule has 4 atom stereocenters. The van der Waals surface area contributed by atoms with Crippen LogP contribution >= 0.6 is 0 Å². The Labute approximate surface area is 366 Å². The van der Waals surface area contributed by atoms with Crippen LogP contribution in [0.1, 0.15) is 89.5 Å². The van der Waals surface area contributed by atoms with Gasteiger partial charge in [0.05, 0.1) is 14.2 Å². The highest BCUT2D eigenvalue weighted by atomic mass is 19.2. The molecule has 2 saturated heterocycles. The molecule has 2 aliphatic heterocycles. The minimum atomic E-state index is -1.51. The van der Waals surface area contributed by atoms with Crippen LogP contribution in [0.5, 0.6) is 0 Å². The summed E-state index contributed by atoms with van der Waals surface area (Å²) in [6.45, 7) is 11.5. The third kappa shape index (κ3) is 9.71. The zero-order valence-corrected chi connectivity index (χ0v) is 37.2. The van der Waals surface area contributed by atoms with Crippen LogP contribution in [0.25, 0.3) is 0 Å². The predicted molar refractivity (Wildman–Crippen MR) is 230 cm³/mol. The van der Waals surface area contributed by atoms with Crippen molar-refractivity contribution in [2.24, 2.45) is 22.3 Å². The van der Waals surface area contributed by atoms with Gasteiger partial charge in [0.2, 0.25) is 23.6 Å². The molecule has 0 unspecified atom stereocenters. The molecule has 3 aromatic rings. The predicted octanol–water partition coefficient (Wildman–Crippen LogP) is 5.32. The maximum atomic E-state index is 14.7.